The van der Waals surface area contributed by atoms with Gasteiger partial charge in [-0.05, 0) is 50.5 Å². The number of sulfonamides is 1. The van der Waals surface area contributed by atoms with Crippen LogP contribution in [-0.2, 0) is 14.8 Å². The molecule has 0 saturated heterocycles. The Labute approximate surface area is 117 Å². The lowest BCUT2D eigenvalue weighted by molar-refractivity contribution is -0.122. The Morgan fingerprint density at radius 3 is 2.55 bits per heavy atom. The molecule has 1 saturated carbocycles. The van der Waals surface area contributed by atoms with Gasteiger partial charge in [-0.3, -0.25) is 4.79 Å². The Kier molecular flexibility index (Phi) is 4.10. The molecule has 0 spiro atoms. The first-order valence-electron chi connectivity index (χ1n) is 6.38. The van der Waals surface area contributed by atoms with Crippen LogP contribution >= 0.6 is 0 Å². The number of hydrogen-bond acceptors (Lipinski definition) is 3. The highest BCUT2D eigenvalue weighted by Gasteiger charge is 2.28. The van der Waals surface area contributed by atoms with E-state index in [1.165, 1.54) is 19.1 Å². The lowest BCUT2D eigenvalue weighted by Crippen LogP contribution is -2.45. The summed E-state index contributed by atoms with van der Waals surface area (Å²) in [4.78, 5) is 11.5. The molecule has 0 bridgehead atoms. The molecule has 1 aromatic carbocycles. The van der Waals surface area contributed by atoms with Gasteiger partial charge in [0.15, 0.2) is 0 Å². The van der Waals surface area contributed by atoms with E-state index in [0.29, 0.717) is 5.56 Å². The number of carbonyl (C=O) groups excluding carboxylic acids is 1. The van der Waals surface area contributed by atoms with E-state index >= 15 is 0 Å². The first-order valence-corrected chi connectivity index (χ1v) is 7.86. The number of aryl methyl sites for hydroxylation is 1. The van der Waals surface area contributed by atoms with Crippen LogP contribution in [-0.4, -0.2) is 26.4 Å². The number of rotatable bonds is 5. The predicted octanol–water partition coefficient (Wildman–Crippen LogP) is 1.08. The van der Waals surface area contributed by atoms with E-state index in [0.717, 1.165) is 18.9 Å². The van der Waals surface area contributed by atoms with Crippen molar-refractivity contribution in [1.29, 1.82) is 0 Å². The van der Waals surface area contributed by atoms with Crippen molar-refractivity contribution in [2.45, 2.75) is 43.7 Å². The van der Waals surface area contributed by atoms with E-state index in [4.69, 9.17) is 0 Å². The number of amides is 1. The maximum absolute atomic E-state index is 13.3. The molecule has 2 N–H and O–H groups in total. The number of nitrogens with one attached hydrogen (secondary N) is 2. The molecule has 7 heteroatoms. The van der Waals surface area contributed by atoms with Gasteiger partial charge in [0.25, 0.3) is 0 Å². The lowest BCUT2D eigenvalue weighted by Gasteiger charge is -2.14. The summed E-state index contributed by atoms with van der Waals surface area (Å²) in [7, 11) is -3.92. The zero-order chi connectivity index (χ0) is 14.9. The molecule has 2 rings (SSSR count). The van der Waals surface area contributed by atoms with Crippen molar-refractivity contribution >= 4 is 15.9 Å². The molecule has 0 aliphatic heterocycles. The third-order valence-electron chi connectivity index (χ3n) is 2.97. The van der Waals surface area contributed by atoms with Gasteiger partial charge in [-0.15, -0.1) is 0 Å². The van der Waals surface area contributed by atoms with Crippen molar-refractivity contribution in [3.63, 3.8) is 0 Å². The third kappa shape index (κ3) is 3.77. The van der Waals surface area contributed by atoms with Crippen molar-refractivity contribution in [3.8, 4) is 0 Å². The van der Waals surface area contributed by atoms with Crippen molar-refractivity contribution in [2.75, 3.05) is 0 Å². The van der Waals surface area contributed by atoms with Gasteiger partial charge in [0.2, 0.25) is 15.9 Å². The summed E-state index contributed by atoms with van der Waals surface area (Å²) in [6.07, 6.45) is 1.85. The number of hydrogen-bond donors (Lipinski definition) is 2. The summed E-state index contributed by atoms with van der Waals surface area (Å²) in [6, 6.07) is 2.79. The maximum atomic E-state index is 13.3. The lowest BCUT2D eigenvalue weighted by atomic mass is 10.2. The fourth-order valence-electron chi connectivity index (χ4n) is 1.77. The molecule has 110 valence electrons. The van der Waals surface area contributed by atoms with Crippen LogP contribution in [0.3, 0.4) is 0 Å². The Morgan fingerprint density at radius 2 is 2.00 bits per heavy atom. The van der Waals surface area contributed by atoms with Gasteiger partial charge in [0.1, 0.15) is 5.82 Å². The first kappa shape index (κ1) is 14.9. The molecule has 0 aromatic heterocycles. The topological polar surface area (TPSA) is 75.3 Å². The average molecular weight is 300 g/mol. The quantitative estimate of drug-likeness (QED) is 0.854. The largest absolute Gasteiger partial charge is 0.352 e. The van der Waals surface area contributed by atoms with Crippen LogP contribution in [0.1, 0.15) is 25.3 Å². The van der Waals surface area contributed by atoms with Crippen molar-refractivity contribution in [2.24, 2.45) is 0 Å². The van der Waals surface area contributed by atoms with Crippen LogP contribution in [0.2, 0.25) is 0 Å². The predicted molar refractivity (Wildman–Crippen MR) is 72.1 cm³/mol. The van der Waals surface area contributed by atoms with Crippen molar-refractivity contribution in [1.82, 2.24) is 10.0 Å². The zero-order valence-corrected chi connectivity index (χ0v) is 12.1. The molecular weight excluding hydrogens is 283 g/mol. The number of benzene rings is 1. The summed E-state index contributed by atoms with van der Waals surface area (Å²) < 4.78 is 39.7. The normalized spacial score (nSPS) is 16.8. The van der Waals surface area contributed by atoms with Crippen molar-refractivity contribution < 1.29 is 17.6 Å². The van der Waals surface area contributed by atoms with Crippen LogP contribution < -0.4 is 10.0 Å². The van der Waals surface area contributed by atoms with E-state index in [1.54, 1.807) is 6.92 Å². The van der Waals surface area contributed by atoms with Crippen LogP contribution in [0.5, 0.6) is 0 Å². The maximum Gasteiger partial charge on any atom is 0.241 e. The summed E-state index contributed by atoms with van der Waals surface area (Å²) >= 11 is 0. The van der Waals surface area contributed by atoms with Gasteiger partial charge in [0, 0.05) is 6.04 Å². The average Bonchev–Trinajstić information content (AvgIpc) is 3.11. The van der Waals surface area contributed by atoms with Crippen molar-refractivity contribution in [3.05, 3.63) is 29.6 Å². The van der Waals surface area contributed by atoms with E-state index in [-0.39, 0.29) is 16.8 Å². The Morgan fingerprint density at radius 1 is 1.35 bits per heavy atom. The molecule has 1 unspecified atom stereocenters. The minimum absolute atomic E-state index is 0.158. The van der Waals surface area contributed by atoms with E-state index in [9.17, 15) is 17.6 Å². The minimum atomic E-state index is -3.92. The second-order valence-electron chi connectivity index (χ2n) is 5.09. The van der Waals surface area contributed by atoms with E-state index < -0.39 is 21.9 Å². The number of carbonyl (C=O) groups is 1. The van der Waals surface area contributed by atoms with Gasteiger partial charge >= 0.3 is 0 Å². The molecule has 20 heavy (non-hydrogen) atoms. The van der Waals surface area contributed by atoms with Gasteiger partial charge in [0.05, 0.1) is 10.9 Å². The molecule has 1 aromatic rings. The second-order valence-corrected chi connectivity index (χ2v) is 6.80. The molecule has 0 radical (unpaired) electrons. The summed E-state index contributed by atoms with van der Waals surface area (Å²) in [6.45, 7) is 3.06. The summed E-state index contributed by atoms with van der Waals surface area (Å²) in [5.41, 5.74) is 0.500. The minimum Gasteiger partial charge on any atom is -0.352 e. The van der Waals surface area contributed by atoms with Gasteiger partial charge in [-0.2, -0.15) is 4.72 Å². The highest BCUT2D eigenvalue weighted by molar-refractivity contribution is 7.89. The number of halogens is 1. The highest BCUT2D eigenvalue weighted by Crippen LogP contribution is 2.19. The summed E-state index contributed by atoms with van der Waals surface area (Å²) in [5, 5.41) is 2.71. The zero-order valence-electron chi connectivity index (χ0n) is 11.3. The monoisotopic (exact) mass is 300 g/mol. The standard InChI is InChI=1S/C13H17FN2O3S/c1-8-5-10(14)7-12(6-8)20(18,19)16-9(2)13(17)15-11-3-4-11/h5-7,9,11,16H,3-4H2,1-2H3,(H,15,17). The van der Waals surface area contributed by atoms with Crippen LogP contribution in [0.25, 0.3) is 0 Å². The smallest absolute Gasteiger partial charge is 0.241 e. The van der Waals surface area contributed by atoms with Crippen LogP contribution in [0.15, 0.2) is 23.1 Å². The van der Waals surface area contributed by atoms with Gasteiger partial charge in [-0.1, -0.05) is 0 Å². The Bertz CT molecular complexity index is 606. The highest BCUT2D eigenvalue weighted by atomic mass is 32.2. The van der Waals surface area contributed by atoms with Gasteiger partial charge < -0.3 is 5.32 Å². The molecule has 1 aliphatic rings. The van der Waals surface area contributed by atoms with E-state index in [1.807, 2.05) is 0 Å². The molecule has 1 amide bonds. The molecule has 1 atom stereocenters. The fourth-order valence-corrected chi connectivity index (χ4v) is 3.08. The van der Waals surface area contributed by atoms with Crippen LogP contribution in [0.4, 0.5) is 4.39 Å². The fraction of sp³-hybridized carbons (Fsp3) is 0.462. The Hall–Kier alpha value is -1.47. The molecule has 1 aliphatic carbocycles. The summed E-state index contributed by atoms with van der Waals surface area (Å²) in [5.74, 6) is -0.996. The SMILES string of the molecule is Cc1cc(F)cc(S(=O)(=O)NC(C)C(=O)NC2CC2)c1. The van der Waals surface area contributed by atoms with Crippen LogP contribution in [0, 0.1) is 12.7 Å². The molecule has 1 fully saturated rings. The molecular formula is C13H17FN2O3S. The third-order valence-corrected chi connectivity index (χ3v) is 4.50. The Balaban J connectivity index is 2.11. The second kappa shape index (κ2) is 5.49. The van der Waals surface area contributed by atoms with E-state index in [2.05, 4.69) is 10.0 Å². The molecule has 5 nitrogen and oxygen atoms in total. The molecule has 0 heterocycles. The first-order chi connectivity index (χ1) is 9.28. The van der Waals surface area contributed by atoms with Gasteiger partial charge in [-0.25, -0.2) is 12.8 Å².